The number of allylic oxidation sites excluding steroid dienone is 1. The van der Waals surface area contributed by atoms with Crippen LogP contribution in [0, 0.1) is 19.3 Å². The number of aromatic nitrogens is 2. The summed E-state index contributed by atoms with van der Waals surface area (Å²) in [5, 5.41) is 17.7. The van der Waals surface area contributed by atoms with Crippen LogP contribution in [0.4, 0.5) is 17.3 Å². The largest absolute Gasteiger partial charge is 0.388 e. The van der Waals surface area contributed by atoms with Crippen molar-refractivity contribution in [1.82, 2.24) is 20.2 Å². The maximum absolute atomic E-state index is 13.2. The van der Waals surface area contributed by atoms with Crippen LogP contribution in [0.1, 0.15) is 58.1 Å². The zero-order valence-corrected chi connectivity index (χ0v) is 23.4. The van der Waals surface area contributed by atoms with Crippen molar-refractivity contribution >= 4 is 35.0 Å². The SMILES string of the molecule is C=C(C=N)c1cc(C(=O)N2CCC(NCc3nc(Nc4cc(C)cc(C)c4)ncc3CC)CC2)ccc1NC. The Bertz CT molecular complexity index is 1340. The molecule has 1 aliphatic rings. The minimum atomic E-state index is 0.0151. The molecule has 1 aromatic heterocycles. The number of carbonyl (C=O) groups excluding carboxylic acids is 1. The normalized spacial score (nSPS) is 13.7. The molecule has 204 valence electrons. The van der Waals surface area contributed by atoms with Crippen LogP contribution in [-0.4, -0.2) is 53.2 Å². The first kappa shape index (κ1) is 28.0. The van der Waals surface area contributed by atoms with Crippen LogP contribution < -0.4 is 16.0 Å². The van der Waals surface area contributed by atoms with E-state index >= 15 is 0 Å². The van der Waals surface area contributed by atoms with Gasteiger partial charge in [-0.3, -0.25) is 4.79 Å². The summed E-state index contributed by atoms with van der Waals surface area (Å²) < 4.78 is 0. The molecule has 8 heteroatoms. The molecule has 0 saturated carbocycles. The lowest BCUT2D eigenvalue weighted by Gasteiger charge is -2.33. The molecule has 1 saturated heterocycles. The van der Waals surface area contributed by atoms with Crippen molar-refractivity contribution in [3.8, 4) is 0 Å². The quantitative estimate of drug-likeness (QED) is 0.261. The van der Waals surface area contributed by atoms with Crippen LogP contribution in [0.5, 0.6) is 0 Å². The van der Waals surface area contributed by atoms with E-state index in [-0.39, 0.29) is 5.91 Å². The topological polar surface area (TPSA) is 106 Å². The number of rotatable bonds is 10. The van der Waals surface area contributed by atoms with Crippen LogP contribution in [0.15, 0.2) is 49.2 Å². The molecule has 4 N–H and O–H groups in total. The van der Waals surface area contributed by atoms with E-state index in [1.165, 1.54) is 17.3 Å². The van der Waals surface area contributed by atoms with Crippen LogP contribution in [0.2, 0.25) is 0 Å². The highest BCUT2D eigenvalue weighted by atomic mass is 16.2. The average Bonchev–Trinajstić information content (AvgIpc) is 2.94. The second-order valence-corrected chi connectivity index (χ2v) is 10.1. The van der Waals surface area contributed by atoms with Crippen molar-refractivity contribution in [2.45, 2.75) is 52.6 Å². The molecule has 0 unspecified atom stereocenters. The second kappa shape index (κ2) is 12.7. The number of likely N-dealkylation sites (tertiary alicyclic amines) is 1. The molecule has 1 amide bonds. The van der Waals surface area contributed by atoms with Crippen LogP contribution in [0.3, 0.4) is 0 Å². The summed E-state index contributed by atoms with van der Waals surface area (Å²) >= 11 is 0. The summed E-state index contributed by atoms with van der Waals surface area (Å²) in [5.41, 5.74) is 8.33. The smallest absolute Gasteiger partial charge is 0.253 e. The van der Waals surface area contributed by atoms with Crippen LogP contribution >= 0.6 is 0 Å². The number of amides is 1. The van der Waals surface area contributed by atoms with Gasteiger partial charge in [-0.2, -0.15) is 0 Å². The molecule has 2 heterocycles. The monoisotopic (exact) mass is 525 g/mol. The fourth-order valence-electron chi connectivity index (χ4n) is 5.08. The van der Waals surface area contributed by atoms with Gasteiger partial charge in [-0.1, -0.05) is 19.6 Å². The van der Waals surface area contributed by atoms with Gasteiger partial charge in [0.1, 0.15) is 0 Å². The van der Waals surface area contributed by atoms with Crippen molar-refractivity contribution in [3.05, 3.63) is 82.7 Å². The summed E-state index contributed by atoms with van der Waals surface area (Å²) in [4.78, 5) is 24.5. The van der Waals surface area contributed by atoms with Crippen molar-refractivity contribution < 1.29 is 4.79 Å². The Balaban J connectivity index is 1.36. The van der Waals surface area contributed by atoms with E-state index in [1.54, 1.807) is 0 Å². The zero-order chi connectivity index (χ0) is 27.9. The third kappa shape index (κ3) is 6.89. The lowest BCUT2D eigenvalue weighted by Crippen LogP contribution is -2.44. The third-order valence-corrected chi connectivity index (χ3v) is 7.21. The van der Waals surface area contributed by atoms with Gasteiger partial charge in [-0.15, -0.1) is 0 Å². The number of nitrogens with one attached hydrogen (secondary N) is 4. The Morgan fingerprint density at radius 2 is 1.87 bits per heavy atom. The first-order valence-electron chi connectivity index (χ1n) is 13.6. The number of hydrogen-bond acceptors (Lipinski definition) is 7. The summed E-state index contributed by atoms with van der Waals surface area (Å²) in [5.74, 6) is 0.616. The minimum absolute atomic E-state index is 0.0151. The van der Waals surface area contributed by atoms with Crippen molar-refractivity contribution in [2.24, 2.45) is 0 Å². The highest BCUT2D eigenvalue weighted by Gasteiger charge is 2.24. The van der Waals surface area contributed by atoms with E-state index in [0.717, 1.165) is 47.5 Å². The molecule has 8 nitrogen and oxygen atoms in total. The van der Waals surface area contributed by atoms with E-state index in [4.69, 9.17) is 10.4 Å². The van der Waals surface area contributed by atoms with Gasteiger partial charge in [-0.05, 0) is 85.7 Å². The molecule has 0 radical (unpaired) electrons. The van der Waals surface area contributed by atoms with Gasteiger partial charge in [0.15, 0.2) is 0 Å². The zero-order valence-electron chi connectivity index (χ0n) is 23.4. The van der Waals surface area contributed by atoms with Gasteiger partial charge in [-0.25, -0.2) is 9.97 Å². The van der Waals surface area contributed by atoms with Gasteiger partial charge in [0, 0.05) is 67.6 Å². The lowest BCUT2D eigenvalue weighted by atomic mass is 10.00. The van der Waals surface area contributed by atoms with Crippen molar-refractivity contribution in [2.75, 3.05) is 30.8 Å². The summed E-state index contributed by atoms with van der Waals surface area (Å²) in [6, 6.07) is 12.2. The van der Waals surface area contributed by atoms with E-state index in [0.29, 0.717) is 42.8 Å². The molecule has 1 fully saturated rings. The number of piperidine rings is 1. The first-order valence-corrected chi connectivity index (χ1v) is 13.6. The van der Waals surface area contributed by atoms with Crippen molar-refractivity contribution in [1.29, 1.82) is 5.41 Å². The van der Waals surface area contributed by atoms with Crippen molar-refractivity contribution in [3.63, 3.8) is 0 Å². The van der Waals surface area contributed by atoms with Gasteiger partial charge >= 0.3 is 0 Å². The first-order chi connectivity index (χ1) is 18.8. The number of hydrogen-bond donors (Lipinski definition) is 4. The average molecular weight is 526 g/mol. The molecular weight excluding hydrogens is 486 g/mol. The second-order valence-electron chi connectivity index (χ2n) is 10.1. The summed E-state index contributed by atoms with van der Waals surface area (Å²) in [6.07, 6.45) is 5.75. The van der Waals surface area contributed by atoms with E-state index in [1.807, 2.05) is 36.3 Å². The molecule has 1 aliphatic heterocycles. The number of aryl methyl sites for hydroxylation is 3. The fraction of sp³-hybridized carbons (Fsp3) is 0.355. The van der Waals surface area contributed by atoms with Gasteiger partial charge < -0.3 is 26.3 Å². The van der Waals surface area contributed by atoms with Crippen LogP contribution in [0.25, 0.3) is 5.57 Å². The molecule has 39 heavy (non-hydrogen) atoms. The molecule has 4 rings (SSSR count). The maximum Gasteiger partial charge on any atom is 0.253 e. The highest BCUT2D eigenvalue weighted by Crippen LogP contribution is 2.25. The third-order valence-electron chi connectivity index (χ3n) is 7.21. The van der Waals surface area contributed by atoms with E-state index in [9.17, 15) is 4.79 Å². The standard InChI is InChI=1S/C31H39N7O/c1-6-23-18-35-31(36-26-14-20(2)13-21(3)15-26)37-29(23)19-34-25-9-11-38(12-10-25)30(39)24-7-8-28(33-5)27(16-24)22(4)17-32/h7-8,13-18,25,32-34H,4,6,9-12,19H2,1-3,5H3,(H,35,36,37). The van der Waals surface area contributed by atoms with E-state index < -0.39 is 0 Å². The highest BCUT2D eigenvalue weighted by molar-refractivity contribution is 6.10. The predicted molar refractivity (Wildman–Crippen MR) is 160 cm³/mol. The predicted octanol–water partition coefficient (Wildman–Crippen LogP) is 5.50. The Kier molecular flexibility index (Phi) is 9.09. The van der Waals surface area contributed by atoms with Gasteiger partial charge in [0.05, 0.1) is 5.69 Å². The lowest BCUT2D eigenvalue weighted by molar-refractivity contribution is 0.0704. The number of benzene rings is 2. The molecule has 0 atom stereocenters. The summed E-state index contributed by atoms with van der Waals surface area (Å²) in [6.45, 7) is 12.3. The molecule has 0 spiro atoms. The summed E-state index contributed by atoms with van der Waals surface area (Å²) in [7, 11) is 1.82. The number of nitrogens with zero attached hydrogens (tertiary/aromatic N) is 3. The van der Waals surface area contributed by atoms with E-state index in [2.05, 4.69) is 66.5 Å². The maximum atomic E-state index is 13.2. The Morgan fingerprint density at radius 1 is 1.15 bits per heavy atom. The van der Waals surface area contributed by atoms with Crippen LogP contribution in [-0.2, 0) is 13.0 Å². The van der Waals surface area contributed by atoms with Gasteiger partial charge in [0.2, 0.25) is 5.95 Å². The Hall–Kier alpha value is -4.04. The number of carbonyl (C=O) groups is 1. The van der Waals surface area contributed by atoms with Gasteiger partial charge in [0.25, 0.3) is 5.91 Å². The number of anilines is 3. The molecule has 0 bridgehead atoms. The Morgan fingerprint density at radius 3 is 2.51 bits per heavy atom. The molecule has 3 aromatic rings. The molecule has 2 aromatic carbocycles. The fourth-order valence-corrected chi connectivity index (χ4v) is 5.08. The molecule has 0 aliphatic carbocycles. The Labute approximate surface area is 231 Å². The minimum Gasteiger partial charge on any atom is -0.388 e. The molecular formula is C31H39N7O.